The number of carbonyl (C=O) groups excluding carboxylic acids is 1. The van der Waals surface area contributed by atoms with Crippen molar-refractivity contribution in [3.05, 3.63) is 68.6 Å². The molecule has 1 nitrogen and oxygen atoms in total. The second-order valence-corrected chi connectivity index (χ2v) is 5.00. The van der Waals surface area contributed by atoms with Crippen molar-refractivity contribution in [2.45, 2.75) is 0 Å². The van der Waals surface area contributed by atoms with Crippen molar-refractivity contribution in [2.75, 3.05) is 0 Å². The molecule has 0 aliphatic carbocycles. The summed E-state index contributed by atoms with van der Waals surface area (Å²) in [6, 6.07) is 14.8. The quantitative estimate of drug-likeness (QED) is 0.739. The molecule has 0 amide bonds. The topological polar surface area (TPSA) is 17.1 Å². The van der Waals surface area contributed by atoms with Crippen LogP contribution in [0.25, 0.3) is 0 Å². The minimum atomic E-state index is 0.0138. The van der Waals surface area contributed by atoms with Crippen molar-refractivity contribution >= 4 is 37.6 Å². The Kier molecular flexibility index (Phi) is 3.56. The van der Waals surface area contributed by atoms with Crippen LogP contribution in [0.2, 0.25) is 0 Å². The van der Waals surface area contributed by atoms with Crippen LogP contribution in [0.1, 0.15) is 15.9 Å². The van der Waals surface area contributed by atoms with Crippen molar-refractivity contribution in [3.8, 4) is 0 Å². The summed E-state index contributed by atoms with van der Waals surface area (Å²) in [6.07, 6.45) is 0. The molecule has 0 spiro atoms. The molecular weight excluding hydrogens is 332 g/mol. The normalized spacial score (nSPS) is 10.1. The number of hydrogen-bond donors (Lipinski definition) is 0. The van der Waals surface area contributed by atoms with Gasteiger partial charge in [0.05, 0.1) is 0 Å². The third-order valence-corrected chi connectivity index (χ3v) is 3.62. The molecule has 0 aliphatic heterocycles. The first-order valence-electron chi connectivity index (χ1n) is 4.74. The zero-order chi connectivity index (χ0) is 11.5. The summed E-state index contributed by atoms with van der Waals surface area (Å²) in [5.41, 5.74) is 1.35. The Bertz CT molecular complexity index is 487. The summed E-state index contributed by atoms with van der Waals surface area (Å²) in [7, 11) is 0. The Morgan fingerprint density at radius 1 is 0.750 bits per heavy atom. The fourth-order valence-corrected chi connectivity index (χ4v) is 2.37. The van der Waals surface area contributed by atoms with Crippen LogP contribution in [0, 0.1) is 0 Å². The van der Waals surface area contributed by atoms with Crippen LogP contribution >= 0.6 is 31.9 Å². The van der Waals surface area contributed by atoms with Crippen LogP contribution in [-0.2, 0) is 0 Å². The van der Waals surface area contributed by atoms with Crippen LogP contribution in [0.15, 0.2) is 57.5 Å². The minimum Gasteiger partial charge on any atom is -0.289 e. The molecule has 2 rings (SSSR count). The first kappa shape index (κ1) is 11.6. The highest BCUT2D eigenvalue weighted by atomic mass is 79.9. The van der Waals surface area contributed by atoms with E-state index in [-0.39, 0.29) is 5.78 Å². The van der Waals surface area contributed by atoms with E-state index in [1.54, 1.807) is 0 Å². The molecule has 16 heavy (non-hydrogen) atoms. The fraction of sp³-hybridized carbons (Fsp3) is 0. The summed E-state index contributed by atoms with van der Waals surface area (Å²) in [5, 5.41) is 0. The maximum Gasteiger partial charge on any atom is 0.195 e. The molecule has 0 unspecified atom stereocenters. The molecule has 0 radical (unpaired) electrons. The smallest absolute Gasteiger partial charge is 0.195 e. The molecule has 0 aromatic heterocycles. The zero-order valence-electron chi connectivity index (χ0n) is 8.28. The highest BCUT2D eigenvalue weighted by Gasteiger charge is 2.13. The predicted octanol–water partition coefficient (Wildman–Crippen LogP) is 4.44. The molecule has 80 valence electrons. The third kappa shape index (κ3) is 2.25. The molecule has 0 saturated carbocycles. The molecule has 0 heterocycles. The van der Waals surface area contributed by atoms with Crippen molar-refractivity contribution < 1.29 is 4.79 Å². The number of carbonyl (C=O) groups is 1. The Labute approximate surface area is 111 Å². The lowest BCUT2D eigenvalue weighted by molar-refractivity contribution is 0.103. The van der Waals surface area contributed by atoms with Crippen LogP contribution in [0.3, 0.4) is 0 Å². The first-order valence-corrected chi connectivity index (χ1v) is 6.32. The number of rotatable bonds is 2. The molecule has 0 atom stereocenters. The van der Waals surface area contributed by atoms with Gasteiger partial charge in [0.1, 0.15) is 0 Å². The van der Waals surface area contributed by atoms with Crippen molar-refractivity contribution in [1.29, 1.82) is 0 Å². The lowest BCUT2D eigenvalue weighted by Gasteiger charge is -2.05. The lowest BCUT2D eigenvalue weighted by atomic mass is 10.0. The van der Waals surface area contributed by atoms with Gasteiger partial charge >= 0.3 is 0 Å². The Balaban J connectivity index is 2.48. The van der Waals surface area contributed by atoms with E-state index in [9.17, 15) is 4.79 Å². The van der Waals surface area contributed by atoms with Crippen molar-refractivity contribution in [2.24, 2.45) is 0 Å². The van der Waals surface area contributed by atoms with Gasteiger partial charge < -0.3 is 0 Å². The Morgan fingerprint density at radius 3 is 1.50 bits per heavy atom. The summed E-state index contributed by atoms with van der Waals surface area (Å²) in [5.74, 6) is 0.0138. The van der Waals surface area contributed by atoms with E-state index in [2.05, 4.69) is 31.9 Å². The van der Waals surface area contributed by atoms with Gasteiger partial charge in [-0.25, -0.2) is 0 Å². The molecule has 0 fully saturated rings. The van der Waals surface area contributed by atoms with Crippen LogP contribution in [0.5, 0.6) is 0 Å². The number of hydrogen-bond acceptors (Lipinski definition) is 1. The monoisotopic (exact) mass is 338 g/mol. The maximum atomic E-state index is 12.2. The largest absolute Gasteiger partial charge is 0.289 e. The van der Waals surface area contributed by atoms with E-state index in [1.165, 1.54) is 0 Å². The third-order valence-electron chi connectivity index (χ3n) is 2.24. The van der Waals surface area contributed by atoms with Gasteiger partial charge in [0.2, 0.25) is 0 Å². The molecular formula is C13H8Br2O. The number of halogens is 2. The molecule has 0 N–H and O–H groups in total. The van der Waals surface area contributed by atoms with E-state index in [0.29, 0.717) is 11.1 Å². The van der Waals surface area contributed by atoms with E-state index in [4.69, 9.17) is 0 Å². The lowest BCUT2D eigenvalue weighted by Crippen LogP contribution is -2.02. The second-order valence-electron chi connectivity index (χ2n) is 3.29. The zero-order valence-corrected chi connectivity index (χ0v) is 11.5. The standard InChI is InChI=1S/C13H8Br2O/c14-11-7-3-1-5-9(11)13(16)10-6-2-4-8-12(10)15/h1-8H. The van der Waals surface area contributed by atoms with Gasteiger partial charge in [-0.15, -0.1) is 0 Å². The predicted molar refractivity (Wildman–Crippen MR) is 71.7 cm³/mol. The van der Waals surface area contributed by atoms with Gasteiger partial charge in [-0.2, -0.15) is 0 Å². The molecule has 0 bridgehead atoms. The molecule has 2 aromatic carbocycles. The Morgan fingerprint density at radius 2 is 1.12 bits per heavy atom. The van der Waals surface area contributed by atoms with Gasteiger partial charge in [-0.05, 0) is 24.3 Å². The number of ketones is 1. The highest BCUT2D eigenvalue weighted by Crippen LogP contribution is 2.23. The summed E-state index contributed by atoms with van der Waals surface area (Å²) < 4.78 is 1.63. The van der Waals surface area contributed by atoms with Gasteiger partial charge in [-0.3, -0.25) is 4.79 Å². The summed E-state index contributed by atoms with van der Waals surface area (Å²) >= 11 is 6.77. The van der Waals surface area contributed by atoms with Crippen LogP contribution in [-0.4, -0.2) is 5.78 Å². The average Bonchev–Trinajstić information content (AvgIpc) is 2.29. The fourth-order valence-electron chi connectivity index (χ4n) is 1.44. The molecule has 0 saturated heterocycles. The molecule has 0 aliphatic rings. The van der Waals surface area contributed by atoms with E-state index >= 15 is 0 Å². The van der Waals surface area contributed by atoms with E-state index < -0.39 is 0 Å². The minimum absolute atomic E-state index is 0.0138. The summed E-state index contributed by atoms with van der Waals surface area (Å²) in [4.78, 5) is 12.2. The van der Waals surface area contributed by atoms with Crippen molar-refractivity contribution in [1.82, 2.24) is 0 Å². The Hall–Kier alpha value is -0.930. The first-order chi connectivity index (χ1) is 7.70. The van der Waals surface area contributed by atoms with Gasteiger partial charge in [0, 0.05) is 20.1 Å². The molecule has 2 aromatic rings. The number of benzene rings is 2. The average molecular weight is 340 g/mol. The van der Waals surface area contributed by atoms with Crippen molar-refractivity contribution in [3.63, 3.8) is 0 Å². The molecule has 3 heteroatoms. The highest BCUT2D eigenvalue weighted by molar-refractivity contribution is 9.10. The summed E-state index contributed by atoms with van der Waals surface area (Å²) in [6.45, 7) is 0. The van der Waals surface area contributed by atoms with Gasteiger partial charge in [0.15, 0.2) is 5.78 Å². The van der Waals surface area contributed by atoms with Gasteiger partial charge in [-0.1, -0.05) is 56.1 Å². The second kappa shape index (κ2) is 4.93. The van der Waals surface area contributed by atoms with Gasteiger partial charge in [0.25, 0.3) is 0 Å². The SMILES string of the molecule is O=C(c1ccccc1Br)c1ccccc1Br. The van der Waals surface area contributed by atoms with E-state index in [0.717, 1.165) is 8.95 Å². The van der Waals surface area contributed by atoms with Crippen LogP contribution in [0.4, 0.5) is 0 Å². The van der Waals surface area contributed by atoms with Crippen LogP contribution < -0.4 is 0 Å². The van der Waals surface area contributed by atoms with E-state index in [1.807, 2.05) is 48.5 Å². The maximum absolute atomic E-state index is 12.2.